The van der Waals surface area contributed by atoms with Crippen LogP contribution in [0.3, 0.4) is 0 Å². The fourth-order valence-electron chi connectivity index (χ4n) is 2.93. The second-order valence-electron chi connectivity index (χ2n) is 7.09. The molecule has 0 aromatic carbocycles. The molecule has 0 unspecified atom stereocenters. The first kappa shape index (κ1) is 20.2. The van der Waals surface area contributed by atoms with Gasteiger partial charge in [0, 0.05) is 29.5 Å². The first-order valence-corrected chi connectivity index (χ1v) is 8.77. The van der Waals surface area contributed by atoms with Gasteiger partial charge >= 0.3 is 21.1 Å². The van der Waals surface area contributed by atoms with Crippen LogP contribution >= 0.6 is 0 Å². The summed E-state index contributed by atoms with van der Waals surface area (Å²) in [5.41, 5.74) is 3.29. The van der Waals surface area contributed by atoms with E-state index in [4.69, 9.17) is 9.97 Å². The summed E-state index contributed by atoms with van der Waals surface area (Å²) in [6.07, 6.45) is 9.72. The van der Waals surface area contributed by atoms with Crippen molar-refractivity contribution in [2.75, 3.05) is 0 Å². The van der Waals surface area contributed by atoms with E-state index >= 15 is 0 Å². The molecule has 4 aromatic heterocycles. The fourth-order valence-corrected chi connectivity index (χ4v) is 2.93. The Morgan fingerprint density at radius 1 is 0.750 bits per heavy atom. The SMILES string of the molecule is Cc1cn(-c2cccc(C(C)(C)c3cccc(-n4[c-]nc(C)c4)n3)n2)[c-]n1.[Pt+2]. The van der Waals surface area contributed by atoms with Crippen molar-refractivity contribution in [2.45, 2.75) is 33.1 Å². The van der Waals surface area contributed by atoms with Gasteiger partial charge in [-0.05, 0) is 26.0 Å². The minimum absolute atomic E-state index is 0. The van der Waals surface area contributed by atoms with Crippen LogP contribution in [0.15, 0.2) is 48.8 Å². The molecule has 0 spiro atoms. The number of hydrogen-bond acceptors (Lipinski definition) is 4. The van der Waals surface area contributed by atoms with Crippen LogP contribution in [-0.4, -0.2) is 29.1 Å². The number of pyridine rings is 2. The molecule has 0 aliphatic heterocycles. The Bertz CT molecular complexity index is 1010. The van der Waals surface area contributed by atoms with E-state index < -0.39 is 0 Å². The molecule has 0 bridgehead atoms. The monoisotopic (exact) mass is 551 g/mol. The summed E-state index contributed by atoms with van der Waals surface area (Å²) in [6, 6.07) is 11.9. The van der Waals surface area contributed by atoms with E-state index in [0.29, 0.717) is 0 Å². The summed E-state index contributed by atoms with van der Waals surface area (Å²) in [5, 5.41) is 0. The molecule has 0 saturated heterocycles. The first-order valence-electron chi connectivity index (χ1n) is 8.77. The summed E-state index contributed by atoms with van der Waals surface area (Å²) in [4.78, 5) is 18.0. The summed E-state index contributed by atoms with van der Waals surface area (Å²) < 4.78 is 3.62. The van der Waals surface area contributed by atoms with Crippen LogP contribution in [0.2, 0.25) is 0 Å². The molecule has 0 radical (unpaired) electrons. The molecule has 4 rings (SSSR count). The number of hydrogen-bond donors (Lipinski definition) is 0. The predicted octanol–water partition coefficient (Wildman–Crippen LogP) is 3.39. The van der Waals surface area contributed by atoms with E-state index in [-0.39, 0.29) is 26.5 Å². The largest absolute Gasteiger partial charge is 2.00 e. The zero-order valence-corrected chi connectivity index (χ0v) is 18.4. The Labute approximate surface area is 179 Å². The molecular weight excluding hydrogens is 531 g/mol. The van der Waals surface area contributed by atoms with Gasteiger partial charge in [0.15, 0.2) is 0 Å². The van der Waals surface area contributed by atoms with Gasteiger partial charge in [0.25, 0.3) is 0 Å². The molecule has 7 heteroatoms. The maximum atomic E-state index is 4.84. The standard InChI is InChI=1S/C21H20N6.Pt/c1-15-11-26(13-22-15)19-9-5-7-17(24-19)21(3,4)18-8-6-10-20(25-18)27-12-16(2)23-14-27;/h5-12H,1-4H3;/q-2;+2. The number of rotatable bonds is 4. The van der Waals surface area contributed by atoms with Crippen molar-refractivity contribution < 1.29 is 21.1 Å². The molecule has 0 fully saturated rings. The molecule has 6 nitrogen and oxygen atoms in total. The quantitative estimate of drug-likeness (QED) is 0.365. The summed E-state index contributed by atoms with van der Waals surface area (Å²) in [6.45, 7) is 8.12. The normalized spacial score (nSPS) is 11.3. The average Bonchev–Trinajstić information content (AvgIpc) is 3.30. The molecule has 0 aliphatic carbocycles. The third-order valence-corrected chi connectivity index (χ3v) is 4.54. The van der Waals surface area contributed by atoms with Crippen LogP contribution in [0.5, 0.6) is 0 Å². The topological polar surface area (TPSA) is 61.4 Å². The van der Waals surface area contributed by atoms with Crippen LogP contribution in [0, 0.1) is 26.5 Å². The molecule has 4 heterocycles. The fraction of sp³-hybridized carbons (Fsp3) is 0.238. The van der Waals surface area contributed by atoms with Gasteiger partial charge in [-0.3, -0.25) is 9.97 Å². The Balaban J connectivity index is 0.00000225. The predicted molar refractivity (Wildman–Crippen MR) is 102 cm³/mol. The third-order valence-electron chi connectivity index (χ3n) is 4.54. The van der Waals surface area contributed by atoms with Crippen molar-refractivity contribution in [3.8, 4) is 11.6 Å². The van der Waals surface area contributed by atoms with Crippen molar-refractivity contribution in [3.05, 3.63) is 84.2 Å². The van der Waals surface area contributed by atoms with Gasteiger partial charge in [-0.2, -0.15) is 0 Å². The molecule has 28 heavy (non-hydrogen) atoms. The van der Waals surface area contributed by atoms with Crippen molar-refractivity contribution in [3.63, 3.8) is 0 Å². The van der Waals surface area contributed by atoms with Crippen LogP contribution in [0.25, 0.3) is 11.6 Å². The minimum atomic E-state index is -0.378. The second kappa shape index (κ2) is 7.80. The van der Waals surface area contributed by atoms with Crippen molar-refractivity contribution >= 4 is 0 Å². The zero-order valence-electron chi connectivity index (χ0n) is 16.1. The van der Waals surface area contributed by atoms with E-state index in [2.05, 4.69) is 36.5 Å². The summed E-state index contributed by atoms with van der Waals surface area (Å²) in [7, 11) is 0. The van der Waals surface area contributed by atoms with Gasteiger partial charge in [0.1, 0.15) is 0 Å². The van der Waals surface area contributed by atoms with Crippen molar-refractivity contribution in [1.29, 1.82) is 0 Å². The molecule has 0 N–H and O–H groups in total. The van der Waals surface area contributed by atoms with Crippen LogP contribution < -0.4 is 0 Å². The van der Waals surface area contributed by atoms with E-state index in [1.807, 2.05) is 71.8 Å². The zero-order chi connectivity index (χ0) is 19.0. The number of aromatic nitrogens is 6. The first-order chi connectivity index (χ1) is 12.9. The maximum Gasteiger partial charge on any atom is 2.00 e. The smallest absolute Gasteiger partial charge is 0.418 e. The number of aryl methyl sites for hydroxylation is 2. The molecular formula is C21H20N6Pt. The molecule has 0 amide bonds. The second-order valence-corrected chi connectivity index (χ2v) is 7.09. The Morgan fingerprint density at radius 2 is 1.18 bits per heavy atom. The summed E-state index contributed by atoms with van der Waals surface area (Å²) >= 11 is 0. The molecule has 0 atom stereocenters. The van der Waals surface area contributed by atoms with Gasteiger partial charge < -0.3 is 19.1 Å². The van der Waals surface area contributed by atoms with Gasteiger partial charge in [-0.15, -0.1) is 0 Å². The Kier molecular flexibility index (Phi) is 5.61. The average molecular weight is 552 g/mol. The van der Waals surface area contributed by atoms with E-state index in [9.17, 15) is 0 Å². The van der Waals surface area contributed by atoms with Gasteiger partial charge in [-0.1, -0.05) is 61.9 Å². The minimum Gasteiger partial charge on any atom is -0.418 e. The molecule has 0 aliphatic rings. The Hall–Kier alpha value is -2.59. The molecule has 0 saturated carbocycles. The van der Waals surface area contributed by atoms with Gasteiger partial charge in [-0.25, -0.2) is 0 Å². The molecule has 4 aromatic rings. The number of nitrogens with zero attached hydrogens (tertiary/aromatic N) is 6. The van der Waals surface area contributed by atoms with E-state index in [0.717, 1.165) is 34.4 Å². The van der Waals surface area contributed by atoms with Gasteiger partial charge in [0.05, 0.1) is 11.6 Å². The van der Waals surface area contributed by atoms with Crippen molar-refractivity contribution in [1.82, 2.24) is 29.1 Å². The third kappa shape index (κ3) is 3.83. The van der Waals surface area contributed by atoms with Crippen molar-refractivity contribution in [2.24, 2.45) is 0 Å². The summed E-state index contributed by atoms with van der Waals surface area (Å²) in [5.74, 6) is 1.58. The van der Waals surface area contributed by atoms with E-state index in [1.165, 1.54) is 0 Å². The van der Waals surface area contributed by atoms with Crippen LogP contribution in [0.1, 0.15) is 36.6 Å². The van der Waals surface area contributed by atoms with Crippen LogP contribution in [-0.2, 0) is 26.5 Å². The van der Waals surface area contributed by atoms with E-state index in [1.54, 1.807) is 0 Å². The Morgan fingerprint density at radius 3 is 1.54 bits per heavy atom. The molecule has 144 valence electrons. The van der Waals surface area contributed by atoms with Crippen LogP contribution in [0.4, 0.5) is 0 Å². The maximum absolute atomic E-state index is 4.84. The van der Waals surface area contributed by atoms with Gasteiger partial charge in [0.2, 0.25) is 0 Å². The number of imidazole rings is 2.